The maximum Gasteiger partial charge on any atom is 0.138 e. The highest BCUT2D eigenvalue weighted by molar-refractivity contribution is 9.10. The third-order valence-corrected chi connectivity index (χ3v) is 20.6. The first-order chi connectivity index (χ1) is 22.9. The molecule has 0 saturated carbocycles. The van der Waals surface area contributed by atoms with Crippen LogP contribution >= 0.6 is 78.0 Å². The van der Waals surface area contributed by atoms with Crippen molar-refractivity contribution in [1.82, 2.24) is 27.5 Å². The molecule has 0 radical (unpaired) electrons. The van der Waals surface area contributed by atoms with Gasteiger partial charge in [-0.05, 0) is 78.3 Å². The molecule has 6 aromatic heterocycles. The summed E-state index contributed by atoms with van der Waals surface area (Å²) < 4.78 is 20.2. The third kappa shape index (κ3) is 6.14. The normalized spacial score (nSPS) is 15.0. The maximum absolute atomic E-state index is 4.74. The van der Waals surface area contributed by atoms with Gasteiger partial charge in [0.15, 0.2) is 0 Å². The highest BCUT2D eigenvalue weighted by Gasteiger charge is 2.50. The molecule has 13 heteroatoms. The molecule has 246 valence electrons. The van der Waals surface area contributed by atoms with Crippen molar-refractivity contribution in [1.29, 1.82) is 0 Å². The predicted octanol–water partition coefficient (Wildman–Crippen LogP) is 11.4. The van der Waals surface area contributed by atoms with Gasteiger partial charge in [-0.25, -0.2) is 9.97 Å². The molecule has 0 N–H and O–H groups in total. The van der Waals surface area contributed by atoms with E-state index in [0.29, 0.717) is 0 Å². The Morgan fingerprint density at radius 1 is 0.638 bits per heavy atom. The Balaban J connectivity index is 1.45. The van der Waals surface area contributed by atoms with Gasteiger partial charge in [0.05, 0.1) is 23.5 Å². The van der Waals surface area contributed by atoms with Crippen molar-refractivity contribution >= 4 is 119 Å². The van der Waals surface area contributed by atoms with Gasteiger partial charge < -0.3 is 0 Å². The minimum Gasteiger partial charge on any atom is -0.246 e. The second-order valence-corrected chi connectivity index (χ2v) is 21.6. The first-order valence-electron chi connectivity index (χ1n) is 16.7. The Kier molecular flexibility index (Phi) is 10.4. The summed E-state index contributed by atoms with van der Waals surface area (Å²) in [7, 11) is -2.20. The molecule has 0 fully saturated rings. The summed E-state index contributed by atoms with van der Waals surface area (Å²) in [4.78, 5) is 14.9. The van der Waals surface area contributed by atoms with Crippen LogP contribution in [-0.2, 0) is 0 Å². The monoisotopic (exact) mass is 844 g/mol. The van der Waals surface area contributed by atoms with Crippen molar-refractivity contribution in [2.45, 2.75) is 91.1 Å². The van der Waals surface area contributed by atoms with Crippen LogP contribution in [0.25, 0.3) is 52.7 Å². The Morgan fingerprint density at radius 2 is 1.06 bits per heavy atom. The number of thiophene rings is 2. The number of hydrogen-bond acceptors (Lipinski definition) is 10. The molecule has 0 saturated heterocycles. The van der Waals surface area contributed by atoms with E-state index in [0.717, 1.165) is 54.2 Å². The van der Waals surface area contributed by atoms with Crippen LogP contribution in [-0.4, -0.2) is 35.5 Å². The molecule has 0 amide bonds. The van der Waals surface area contributed by atoms with E-state index in [9.17, 15) is 0 Å². The molecule has 47 heavy (non-hydrogen) atoms. The lowest BCUT2D eigenvalue weighted by molar-refractivity contribution is 0.469. The van der Waals surface area contributed by atoms with Gasteiger partial charge >= 0.3 is 0 Å². The van der Waals surface area contributed by atoms with Crippen molar-refractivity contribution in [2.75, 3.05) is 0 Å². The standard InChI is InChI=1S/C34H38Br2N6S4Si/c1-5-9-11-19(7-3)17-47(18-20(8-4)12-10-6-2)25-13-23(21-15-37-33(35)29-27(21)39-45-41-29)43-31(25)32-26(47)14-24(44-32)22-16-38-34(36)30-28(22)40-46-42-30/h13-16,19-20H,5-12,17-18H2,1-4H3. The van der Waals surface area contributed by atoms with E-state index >= 15 is 0 Å². The van der Waals surface area contributed by atoms with E-state index in [1.165, 1.54) is 106 Å². The minimum absolute atomic E-state index is 0.725. The Labute approximate surface area is 310 Å². The molecule has 6 nitrogen and oxygen atoms in total. The molecular weight excluding hydrogens is 809 g/mol. The molecule has 1 aliphatic rings. The number of pyridine rings is 2. The number of aromatic nitrogens is 6. The second-order valence-electron chi connectivity index (χ2n) is 12.9. The maximum atomic E-state index is 4.74. The lowest BCUT2D eigenvalue weighted by Gasteiger charge is -2.35. The first kappa shape index (κ1) is 34.0. The second kappa shape index (κ2) is 14.4. The number of hydrogen-bond donors (Lipinski definition) is 0. The number of halogens is 2. The zero-order valence-corrected chi connectivity index (χ0v) is 34.5. The molecule has 7 rings (SSSR count). The molecule has 0 bridgehead atoms. The number of rotatable bonds is 14. The van der Waals surface area contributed by atoms with Gasteiger partial charge in [-0.3, -0.25) is 0 Å². The zero-order valence-electron chi connectivity index (χ0n) is 27.1. The zero-order chi connectivity index (χ0) is 32.7. The van der Waals surface area contributed by atoms with Gasteiger partial charge in [-0.2, -0.15) is 17.5 Å². The van der Waals surface area contributed by atoms with Crippen molar-refractivity contribution in [3.63, 3.8) is 0 Å². The van der Waals surface area contributed by atoms with E-state index in [-0.39, 0.29) is 0 Å². The van der Waals surface area contributed by atoms with E-state index in [1.807, 2.05) is 35.1 Å². The molecular formula is C34H38Br2N6S4Si. The Morgan fingerprint density at radius 3 is 1.47 bits per heavy atom. The summed E-state index contributed by atoms with van der Waals surface area (Å²) >= 11 is 13.6. The van der Waals surface area contributed by atoms with Crippen molar-refractivity contribution in [3.8, 4) is 30.6 Å². The minimum atomic E-state index is -2.20. The summed E-state index contributed by atoms with van der Waals surface area (Å²) in [6, 6.07) is 7.78. The largest absolute Gasteiger partial charge is 0.246 e. The van der Waals surface area contributed by atoms with Gasteiger partial charge in [0.2, 0.25) is 0 Å². The number of nitrogens with zero attached hydrogens (tertiary/aromatic N) is 6. The van der Waals surface area contributed by atoms with Crippen LogP contribution in [0.5, 0.6) is 0 Å². The van der Waals surface area contributed by atoms with E-state index in [1.54, 1.807) is 10.4 Å². The van der Waals surface area contributed by atoms with Gasteiger partial charge in [-0.1, -0.05) is 79.1 Å². The highest BCUT2D eigenvalue weighted by atomic mass is 79.9. The fraction of sp³-hybridized carbons (Fsp3) is 0.471. The number of unbranched alkanes of at least 4 members (excludes halogenated alkanes) is 2. The van der Waals surface area contributed by atoms with E-state index in [2.05, 4.69) is 80.4 Å². The summed E-state index contributed by atoms with van der Waals surface area (Å²) in [5.41, 5.74) is 5.78. The molecule has 0 aliphatic carbocycles. The van der Waals surface area contributed by atoms with Gasteiger partial charge in [0.1, 0.15) is 39.3 Å². The van der Waals surface area contributed by atoms with Gasteiger partial charge in [-0.15, -0.1) is 22.7 Å². The molecule has 0 spiro atoms. The average Bonchev–Trinajstić information content (AvgIpc) is 3.91. The summed E-state index contributed by atoms with van der Waals surface area (Å²) in [5, 5.41) is 3.31. The van der Waals surface area contributed by atoms with Crippen LogP contribution in [0.3, 0.4) is 0 Å². The Hall–Kier alpha value is -1.48. The van der Waals surface area contributed by atoms with Gasteiger partial charge in [0, 0.05) is 43.0 Å². The highest BCUT2D eigenvalue weighted by Crippen LogP contribution is 2.50. The van der Waals surface area contributed by atoms with E-state index in [4.69, 9.17) is 18.7 Å². The predicted molar refractivity (Wildman–Crippen MR) is 213 cm³/mol. The van der Waals surface area contributed by atoms with E-state index < -0.39 is 8.07 Å². The summed E-state index contributed by atoms with van der Waals surface area (Å²) in [5.74, 6) is 1.45. The van der Waals surface area contributed by atoms with Crippen LogP contribution in [0, 0.1) is 11.8 Å². The molecule has 1 aliphatic heterocycles. The molecule has 2 atom stereocenters. The first-order valence-corrected chi connectivity index (χ1v) is 23.8. The number of fused-ring (bicyclic) bond motifs is 5. The van der Waals surface area contributed by atoms with Gasteiger partial charge in [0.25, 0.3) is 0 Å². The lowest BCUT2D eigenvalue weighted by atomic mass is 10.0. The molecule has 6 aromatic rings. The van der Waals surface area contributed by atoms with Crippen LogP contribution in [0.4, 0.5) is 0 Å². The van der Waals surface area contributed by atoms with Crippen molar-refractivity contribution in [2.24, 2.45) is 11.8 Å². The summed E-state index contributed by atoms with van der Waals surface area (Å²) in [6.45, 7) is 9.51. The topological polar surface area (TPSA) is 77.3 Å². The van der Waals surface area contributed by atoms with Crippen molar-refractivity contribution in [3.05, 3.63) is 33.7 Å². The lowest BCUT2D eigenvalue weighted by Crippen LogP contribution is -2.56. The van der Waals surface area contributed by atoms with Crippen LogP contribution in [0.1, 0.15) is 79.1 Å². The fourth-order valence-corrected chi connectivity index (χ4v) is 20.0. The van der Waals surface area contributed by atoms with Crippen LogP contribution < -0.4 is 10.4 Å². The Bertz CT molecular complexity index is 1890. The summed E-state index contributed by atoms with van der Waals surface area (Å²) in [6.07, 6.45) is 14.2. The fourth-order valence-electron chi connectivity index (χ4n) is 7.49. The van der Waals surface area contributed by atoms with Crippen LogP contribution in [0.2, 0.25) is 12.1 Å². The smallest absolute Gasteiger partial charge is 0.138 e. The molecule has 2 unspecified atom stereocenters. The van der Waals surface area contributed by atoms with Crippen molar-refractivity contribution < 1.29 is 0 Å². The SMILES string of the molecule is CCCCC(CC)C[Si]1(CC(CC)CCCC)c2cc(-c3cnc(Br)c4nsnc34)sc2-c2sc(-c3cnc(Br)c4nsnc34)cc21. The third-order valence-electron chi connectivity index (χ3n) is 10.1. The molecule has 7 heterocycles. The molecule has 0 aromatic carbocycles. The van der Waals surface area contributed by atoms with Crippen LogP contribution in [0.15, 0.2) is 33.7 Å². The quantitative estimate of drug-likeness (QED) is 0.0803. The average molecular weight is 847 g/mol.